The van der Waals surface area contributed by atoms with E-state index >= 15 is 4.79 Å². The summed E-state index contributed by atoms with van der Waals surface area (Å²) in [6, 6.07) is 7.43. The lowest BCUT2D eigenvalue weighted by atomic mass is 9.74. The zero-order valence-electron chi connectivity index (χ0n) is 29.5. The molecule has 8 atom stereocenters. The van der Waals surface area contributed by atoms with E-state index in [1.165, 1.54) is 4.90 Å². The molecular formula is C38H53N3O7. The van der Waals surface area contributed by atoms with Gasteiger partial charge in [0, 0.05) is 18.5 Å². The van der Waals surface area contributed by atoms with Crippen LogP contribution in [-0.4, -0.2) is 87.6 Å². The van der Waals surface area contributed by atoms with Gasteiger partial charge < -0.3 is 29.7 Å². The standard InChI is InChI=1S/C38H53N3O7/c1-8-24(2)26(22-42)41-32-34(45)40(37(6,7)23-36(3,4)5)20-14-10-13-17-29(43)39-21-28(25-15-11-9-12-16-25)47-35(46)30-27-18-19-38(32,48-27)31(30)33(41)44/h9-12,14-16,18-19,24,26-28,30-32,42H,8,13,17,20-23H2,1-7H3,(H,39,43)/b14-10-/t24-,26-,27+,28+,30-,31-,32+,38-/m0/s1. The SMILES string of the molecule is CC[C@H](C)[C@H](CO)N1C(=O)[C@@H]2[C@H]3C(=O)O[C@@H](c4ccccc4)CNC(=O)CC/C=C\CN(C(C)(C)CC(C)(C)C)C(=O)[C@@H]1[C@]21C=C[C@H]3O1. The molecule has 5 bridgehead atoms. The van der Waals surface area contributed by atoms with Gasteiger partial charge in [0.1, 0.15) is 23.7 Å². The summed E-state index contributed by atoms with van der Waals surface area (Å²) >= 11 is 0. The molecule has 3 amide bonds. The summed E-state index contributed by atoms with van der Waals surface area (Å²) in [4.78, 5) is 60.4. The normalized spacial score (nSPS) is 31.8. The number of benzene rings is 1. The number of hydrogen-bond acceptors (Lipinski definition) is 7. The van der Waals surface area contributed by atoms with Crippen LogP contribution in [0.25, 0.3) is 0 Å². The van der Waals surface area contributed by atoms with Crippen molar-refractivity contribution in [2.75, 3.05) is 19.7 Å². The number of rotatable bonds is 7. The minimum absolute atomic E-state index is 0.0682. The number of nitrogens with one attached hydrogen (secondary N) is 1. The number of esters is 1. The van der Waals surface area contributed by atoms with E-state index in [-0.39, 0.29) is 49.3 Å². The average molecular weight is 664 g/mol. The molecule has 48 heavy (non-hydrogen) atoms. The van der Waals surface area contributed by atoms with Crippen LogP contribution in [0.15, 0.2) is 54.6 Å². The minimum Gasteiger partial charge on any atom is -0.455 e. The molecule has 2 N–H and O–H groups in total. The van der Waals surface area contributed by atoms with Gasteiger partial charge in [-0.2, -0.15) is 0 Å². The van der Waals surface area contributed by atoms with Gasteiger partial charge in [-0.25, -0.2) is 0 Å². The summed E-state index contributed by atoms with van der Waals surface area (Å²) < 4.78 is 12.8. The summed E-state index contributed by atoms with van der Waals surface area (Å²) in [5.74, 6) is -3.65. The van der Waals surface area contributed by atoms with Crippen LogP contribution in [0, 0.1) is 23.2 Å². The lowest BCUT2D eigenvalue weighted by Gasteiger charge is -2.46. The zero-order valence-corrected chi connectivity index (χ0v) is 29.5. The van der Waals surface area contributed by atoms with Gasteiger partial charge in [0.2, 0.25) is 17.7 Å². The number of carbonyl (C=O) groups excluding carboxylic acids is 4. The third-order valence-electron chi connectivity index (χ3n) is 10.5. The third-order valence-corrected chi connectivity index (χ3v) is 10.5. The Balaban J connectivity index is 1.64. The Morgan fingerprint density at radius 3 is 2.40 bits per heavy atom. The number of ether oxygens (including phenoxy) is 2. The van der Waals surface area contributed by atoms with Gasteiger partial charge in [0.05, 0.1) is 31.2 Å². The molecule has 0 unspecified atom stereocenters. The largest absolute Gasteiger partial charge is 0.455 e. The molecule has 1 aromatic carbocycles. The van der Waals surface area contributed by atoms with E-state index in [2.05, 4.69) is 26.1 Å². The summed E-state index contributed by atoms with van der Waals surface area (Å²) in [5, 5.41) is 13.7. The summed E-state index contributed by atoms with van der Waals surface area (Å²) in [6.45, 7) is 14.4. The van der Waals surface area contributed by atoms with Gasteiger partial charge in [-0.05, 0) is 43.6 Å². The van der Waals surface area contributed by atoms with Crippen LogP contribution in [-0.2, 0) is 28.7 Å². The third kappa shape index (κ3) is 6.70. The molecule has 4 aliphatic heterocycles. The van der Waals surface area contributed by atoms with Crippen LogP contribution >= 0.6 is 0 Å². The van der Waals surface area contributed by atoms with Gasteiger partial charge in [-0.1, -0.05) is 95.7 Å². The number of allylic oxidation sites excluding steroid dienone is 1. The second-order valence-corrected chi connectivity index (χ2v) is 15.7. The summed E-state index contributed by atoms with van der Waals surface area (Å²) in [5.41, 5.74) is -1.47. The molecule has 10 nitrogen and oxygen atoms in total. The Morgan fingerprint density at radius 2 is 1.75 bits per heavy atom. The highest BCUT2D eigenvalue weighted by atomic mass is 16.6. The van der Waals surface area contributed by atoms with E-state index in [0.29, 0.717) is 24.8 Å². The molecule has 10 heteroatoms. The van der Waals surface area contributed by atoms with Crippen LogP contribution in [0.1, 0.15) is 85.8 Å². The molecule has 1 aromatic rings. The quantitative estimate of drug-likeness (QED) is 0.329. The van der Waals surface area contributed by atoms with E-state index in [4.69, 9.17) is 9.47 Å². The lowest BCUT2D eigenvalue weighted by molar-refractivity contribution is -0.161. The van der Waals surface area contributed by atoms with Crippen molar-refractivity contribution in [3.8, 4) is 0 Å². The van der Waals surface area contributed by atoms with Crippen molar-refractivity contribution in [2.24, 2.45) is 23.2 Å². The molecule has 0 aromatic heterocycles. The number of likely N-dealkylation sites (tertiary alicyclic amines) is 1. The fraction of sp³-hybridized carbons (Fsp3) is 0.632. The second kappa shape index (κ2) is 13.8. The Morgan fingerprint density at radius 1 is 1.04 bits per heavy atom. The molecule has 262 valence electrons. The van der Waals surface area contributed by atoms with Crippen molar-refractivity contribution >= 4 is 23.7 Å². The average Bonchev–Trinajstić information content (AvgIpc) is 3.67. The predicted octanol–water partition coefficient (Wildman–Crippen LogP) is 4.34. The maximum absolute atomic E-state index is 15.2. The van der Waals surface area contributed by atoms with E-state index in [1.54, 1.807) is 12.2 Å². The number of amides is 3. The molecular weight excluding hydrogens is 610 g/mol. The molecule has 0 radical (unpaired) electrons. The van der Waals surface area contributed by atoms with E-state index in [9.17, 15) is 19.5 Å². The Kier molecular flexibility index (Phi) is 10.3. The van der Waals surface area contributed by atoms with Gasteiger partial charge in [-0.3, -0.25) is 19.2 Å². The monoisotopic (exact) mass is 663 g/mol. The molecule has 5 rings (SSSR count). The molecule has 1 spiro atoms. The first kappa shape index (κ1) is 35.8. The Hall–Kier alpha value is -3.50. The van der Waals surface area contributed by atoms with Crippen LogP contribution in [0.2, 0.25) is 0 Å². The topological polar surface area (TPSA) is 125 Å². The first-order valence-electron chi connectivity index (χ1n) is 17.4. The van der Waals surface area contributed by atoms with Crippen LogP contribution in [0.5, 0.6) is 0 Å². The van der Waals surface area contributed by atoms with E-state index in [0.717, 1.165) is 0 Å². The lowest BCUT2D eigenvalue weighted by Crippen LogP contribution is -2.63. The van der Waals surface area contributed by atoms with Gasteiger partial charge in [0.15, 0.2) is 0 Å². The highest BCUT2D eigenvalue weighted by molar-refractivity contribution is 5.99. The number of fused-ring (bicyclic) bond motifs is 2. The number of hydrogen-bond donors (Lipinski definition) is 2. The van der Waals surface area contributed by atoms with Gasteiger partial charge >= 0.3 is 5.97 Å². The number of cyclic esters (lactones) is 1. The number of aliphatic hydroxyl groups is 1. The fourth-order valence-electron chi connectivity index (χ4n) is 8.43. The summed E-state index contributed by atoms with van der Waals surface area (Å²) in [7, 11) is 0. The first-order valence-corrected chi connectivity index (χ1v) is 17.4. The van der Waals surface area contributed by atoms with Gasteiger partial charge in [0.25, 0.3) is 0 Å². The Labute approximate surface area is 284 Å². The van der Waals surface area contributed by atoms with E-state index < -0.39 is 59.1 Å². The summed E-state index contributed by atoms with van der Waals surface area (Å²) in [6.07, 6.45) is 7.86. The maximum Gasteiger partial charge on any atom is 0.313 e. The van der Waals surface area contributed by atoms with Crippen LogP contribution in [0.3, 0.4) is 0 Å². The number of carbonyl (C=O) groups is 4. The predicted molar refractivity (Wildman–Crippen MR) is 181 cm³/mol. The zero-order chi connectivity index (χ0) is 35.0. The van der Waals surface area contributed by atoms with Crippen molar-refractivity contribution < 1.29 is 33.8 Å². The minimum atomic E-state index is -1.41. The Bertz CT molecular complexity index is 1430. The van der Waals surface area contributed by atoms with Crippen LogP contribution < -0.4 is 5.32 Å². The van der Waals surface area contributed by atoms with Crippen molar-refractivity contribution in [3.05, 3.63) is 60.2 Å². The van der Waals surface area contributed by atoms with Crippen molar-refractivity contribution in [1.29, 1.82) is 0 Å². The maximum atomic E-state index is 15.2. The molecule has 2 fully saturated rings. The molecule has 2 saturated heterocycles. The molecule has 0 saturated carbocycles. The molecule has 4 heterocycles. The van der Waals surface area contributed by atoms with Crippen molar-refractivity contribution in [2.45, 2.75) is 110 Å². The highest BCUT2D eigenvalue weighted by Gasteiger charge is 2.74. The number of nitrogens with zero attached hydrogens (tertiary/aromatic N) is 2. The fourth-order valence-corrected chi connectivity index (χ4v) is 8.43. The number of aliphatic hydroxyl groups excluding tert-OH is 1. The molecule has 0 aliphatic carbocycles. The van der Waals surface area contributed by atoms with Crippen LogP contribution in [0.4, 0.5) is 0 Å². The van der Waals surface area contributed by atoms with Crippen molar-refractivity contribution in [1.82, 2.24) is 15.1 Å². The smallest absolute Gasteiger partial charge is 0.313 e. The molecule has 4 aliphatic rings. The van der Waals surface area contributed by atoms with Crippen molar-refractivity contribution in [3.63, 3.8) is 0 Å². The first-order chi connectivity index (χ1) is 22.6. The van der Waals surface area contributed by atoms with Gasteiger partial charge in [-0.15, -0.1) is 0 Å². The second-order valence-electron chi connectivity index (χ2n) is 15.7. The van der Waals surface area contributed by atoms with E-state index in [1.807, 2.05) is 75.1 Å². The highest BCUT2D eigenvalue weighted by Crippen LogP contribution is 2.57.